The number of amides is 12. The third kappa shape index (κ3) is 25.6. The second-order valence-corrected chi connectivity index (χ2v) is 28.0. The zero-order valence-electron chi connectivity index (χ0n) is 61.4. The Morgan fingerprint density at radius 1 is 0.464 bits per heavy atom. The van der Waals surface area contributed by atoms with Gasteiger partial charge in [0.2, 0.25) is 70.9 Å². The van der Waals surface area contributed by atoms with Crippen molar-refractivity contribution in [2.75, 3.05) is 24.6 Å². The van der Waals surface area contributed by atoms with Crippen molar-refractivity contribution in [3.63, 3.8) is 0 Å². The van der Waals surface area contributed by atoms with Crippen LogP contribution in [0.15, 0.2) is 128 Å². The minimum Gasteiger partial charge on any atom is -0.508 e. The number of hydrogen-bond acceptors (Lipinski definition) is 19. The Kier molecular flexibility index (Phi) is 32.5. The van der Waals surface area contributed by atoms with Crippen LogP contribution in [0.1, 0.15) is 75.4 Å². The van der Waals surface area contributed by atoms with Crippen molar-refractivity contribution in [2.24, 2.45) is 29.0 Å². The van der Waals surface area contributed by atoms with Crippen LogP contribution >= 0.6 is 25.3 Å². The van der Waals surface area contributed by atoms with Gasteiger partial charge in [0.05, 0.1) is 25.0 Å². The Morgan fingerprint density at radius 3 is 1.35 bits per heavy atom. The molecule has 0 aliphatic rings. The summed E-state index contributed by atoms with van der Waals surface area (Å²) in [4.78, 5) is 184. The highest BCUT2D eigenvalue weighted by Gasteiger charge is 2.39. The van der Waals surface area contributed by atoms with Crippen LogP contribution < -0.4 is 81.0 Å². The normalized spacial score (nSPS) is 14.6. The van der Waals surface area contributed by atoms with Crippen molar-refractivity contribution in [1.29, 1.82) is 5.41 Å². The van der Waals surface area contributed by atoms with Crippen LogP contribution in [0.3, 0.4) is 0 Å². The maximum atomic E-state index is 15.2. The third-order valence-corrected chi connectivity index (χ3v) is 18.7. The molecule has 36 heteroatoms. The lowest BCUT2D eigenvalue weighted by Crippen LogP contribution is -2.63. The fourth-order valence-corrected chi connectivity index (χ4v) is 12.3. The topological polar surface area (TPSA) is 552 Å². The molecule has 0 unspecified atom stereocenters. The summed E-state index contributed by atoms with van der Waals surface area (Å²) in [6, 6.07) is 12.7. The van der Waals surface area contributed by atoms with Gasteiger partial charge >= 0.3 is 0 Å². The van der Waals surface area contributed by atoms with E-state index in [9.17, 15) is 58.2 Å². The number of rotatable bonds is 42. The molecule has 0 radical (unpaired) electrons. The van der Waals surface area contributed by atoms with E-state index in [0.29, 0.717) is 49.8 Å². The minimum atomic E-state index is -1.75. The number of carbonyl (C=O) groups excluding carboxylic acids is 12. The van der Waals surface area contributed by atoms with Gasteiger partial charge in [-0.15, -0.1) is 0 Å². The summed E-state index contributed by atoms with van der Waals surface area (Å²) in [5.74, 6) is -12.9. The molecule has 7 aromatic rings. The van der Waals surface area contributed by atoms with Crippen molar-refractivity contribution in [1.82, 2.24) is 83.7 Å². The second-order valence-electron chi connectivity index (χ2n) is 27.2. The van der Waals surface area contributed by atoms with Gasteiger partial charge in [-0.1, -0.05) is 107 Å². The standard InChI is InChI=1S/C74H98N20O14S2/c1-38(2)60(71(106)89-53(64(99)83-34-59(76)97)26-41-14-7-6-8-15-41)93-69(104)57(30-45-33-79-37-84-45)88-67(102)55(28-43-31-81-50-18-11-9-16-47(43)50)87-66(101)54(27-42-21-23-46(96)24-22-42)86-70(105)58(36-110)91-72(107)61(39(3)4)92-68(103)56(29-44-32-82-51-19-12-10-17-48(44)51)90-73(108)62(40(5)95)94-65(100)52(20-13-25-80-74(77)78)85-63(98)49(75)35-109/h6-12,14-19,21-24,31-33,37-40,49,52-58,60-62,81-82,95-96,109-110H,13,20,25-30,34-36,75H2,1-5H3,(H2,76,97)(H,79,84)(H,83,99)(H,85,98)(H,86,105)(H,87,101)(H,88,102)(H,89,106)(H,90,108)(H,91,107)(H,92,103)(H,93,104)(H,94,100)(H4,77,78,80)/t40-,49+,52+,53+,54+,55+,56+,57+,58+,60+,61+,62+/m1/s1. The molecule has 12 atom stereocenters. The van der Waals surface area contributed by atoms with E-state index in [4.69, 9.17) is 22.6 Å². The van der Waals surface area contributed by atoms with Gasteiger partial charge < -0.3 is 106 Å². The van der Waals surface area contributed by atoms with Crippen LogP contribution in [-0.4, -0.2) is 204 Å². The fraction of sp³-hybridized carbons (Fsp3) is 0.405. The number of phenols is 1. The number of aliphatic hydroxyl groups excluding tert-OH is 1. The number of aliphatic hydroxyl groups is 1. The lowest BCUT2D eigenvalue weighted by molar-refractivity contribution is -0.137. The van der Waals surface area contributed by atoms with Gasteiger partial charge in [-0.25, -0.2) is 4.98 Å². The van der Waals surface area contributed by atoms with Crippen molar-refractivity contribution in [2.45, 2.75) is 152 Å². The number of primary amides is 1. The Morgan fingerprint density at radius 2 is 0.882 bits per heavy atom. The molecule has 110 heavy (non-hydrogen) atoms. The van der Waals surface area contributed by atoms with E-state index in [0.717, 1.165) is 0 Å². The smallest absolute Gasteiger partial charge is 0.245 e. The number of aromatic hydroxyl groups is 1. The van der Waals surface area contributed by atoms with Crippen LogP contribution in [0, 0.1) is 17.2 Å². The van der Waals surface area contributed by atoms with Crippen molar-refractivity contribution in [3.05, 3.63) is 156 Å². The van der Waals surface area contributed by atoms with Gasteiger partial charge in [-0.05, 0) is 78.1 Å². The molecule has 7 rings (SSSR count). The number of thiol groups is 2. The Bertz CT molecular complexity index is 4330. The summed E-state index contributed by atoms with van der Waals surface area (Å²) in [5.41, 5.74) is 20.5. The minimum absolute atomic E-state index is 0.0141. The fourth-order valence-electron chi connectivity index (χ4n) is 11.9. The zero-order chi connectivity index (χ0) is 80.3. The Labute approximate surface area is 645 Å². The molecule has 0 saturated heterocycles. The third-order valence-electron chi connectivity index (χ3n) is 18.0. The number of imidazole rings is 1. The van der Waals surface area contributed by atoms with E-state index in [1.807, 2.05) is 0 Å². The molecule has 590 valence electrons. The van der Waals surface area contributed by atoms with Gasteiger partial charge in [0.1, 0.15) is 66.2 Å². The molecule has 0 fully saturated rings. The quantitative estimate of drug-likeness (QED) is 0.00867. The summed E-state index contributed by atoms with van der Waals surface area (Å²) in [6.45, 7) is 7.31. The number of guanidine groups is 1. The SMILES string of the molecule is CC(C)[C@H](NC(=O)[C@H](Cc1cnc[nH]1)NC(=O)[C@H](Cc1c[nH]c2ccccc12)NC(=O)[C@H](Cc1ccc(O)cc1)NC(=O)[C@H](CS)NC(=O)[C@@H](NC(=O)[C@H](Cc1c[nH]c2ccccc12)NC(=O)[C@@H](NC(=O)[C@H](CCCNC(=N)N)NC(=O)[C@@H](N)CS)[C@@H](C)O)C(C)C)C(=O)N[C@@H](Cc1ccccc1)C(=O)NCC(N)=O. The first kappa shape index (κ1) is 85.7. The lowest BCUT2D eigenvalue weighted by Gasteiger charge is -2.29. The average Bonchev–Trinajstić information content (AvgIpc) is 1.59. The summed E-state index contributed by atoms with van der Waals surface area (Å²) in [5, 5.41) is 61.9. The first-order chi connectivity index (χ1) is 52.4. The highest BCUT2D eigenvalue weighted by atomic mass is 32.1. The number of hydrogen-bond donors (Lipinski definition) is 23. The monoisotopic (exact) mass is 1550 g/mol. The molecule has 0 aliphatic heterocycles. The molecule has 0 saturated carbocycles. The van der Waals surface area contributed by atoms with E-state index in [2.05, 4.69) is 109 Å². The summed E-state index contributed by atoms with van der Waals surface area (Å²) >= 11 is 8.51. The largest absolute Gasteiger partial charge is 0.508 e. The van der Waals surface area contributed by atoms with E-state index in [-0.39, 0.29) is 69.0 Å². The van der Waals surface area contributed by atoms with Gasteiger partial charge in [0.25, 0.3) is 0 Å². The lowest BCUT2D eigenvalue weighted by atomic mass is 9.99. The first-order valence-electron chi connectivity index (χ1n) is 35.7. The average molecular weight is 1560 g/mol. The van der Waals surface area contributed by atoms with E-state index >= 15 is 9.59 Å². The van der Waals surface area contributed by atoms with E-state index in [1.54, 1.807) is 119 Å². The maximum absolute atomic E-state index is 15.2. The number of phenolic OH excluding ortho intramolecular Hbond substituents is 1. The molecule has 4 aromatic carbocycles. The number of carbonyl (C=O) groups is 12. The maximum Gasteiger partial charge on any atom is 0.245 e. The van der Waals surface area contributed by atoms with Gasteiger partial charge in [0, 0.05) is 96.2 Å². The van der Waals surface area contributed by atoms with E-state index in [1.165, 1.54) is 43.7 Å². The predicted molar refractivity (Wildman–Crippen MR) is 416 cm³/mol. The summed E-state index contributed by atoms with van der Waals surface area (Å²) in [7, 11) is 0. The number of aromatic amines is 3. The zero-order valence-corrected chi connectivity index (χ0v) is 63.1. The number of H-pyrrole nitrogens is 3. The van der Waals surface area contributed by atoms with Crippen LogP contribution in [0.2, 0.25) is 0 Å². The molecule has 34 nitrogen and oxygen atoms in total. The van der Waals surface area contributed by atoms with Crippen LogP contribution in [0.4, 0.5) is 0 Å². The number of benzene rings is 4. The van der Waals surface area contributed by atoms with Crippen molar-refractivity contribution < 1.29 is 67.7 Å². The van der Waals surface area contributed by atoms with Gasteiger partial charge in [0.15, 0.2) is 5.96 Å². The molecule has 0 spiro atoms. The highest BCUT2D eigenvalue weighted by Crippen LogP contribution is 2.23. The van der Waals surface area contributed by atoms with Crippen molar-refractivity contribution in [3.8, 4) is 5.75 Å². The molecule has 3 heterocycles. The molecular weight excluding hydrogens is 1460 g/mol. The molecule has 12 amide bonds. The molecule has 0 bridgehead atoms. The van der Waals surface area contributed by atoms with Crippen LogP contribution in [-0.2, 0) is 89.6 Å². The first-order valence-corrected chi connectivity index (χ1v) is 36.9. The Balaban J connectivity index is 1.13. The molecular formula is C74H98N20O14S2. The Hall–Kier alpha value is -11.5. The number of nitrogens with one attached hydrogen (secondary N) is 16. The number of nitrogens with zero attached hydrogens (tertiary/aromatic N) is 1. The van der Waals surface area contributed by atoms with E-state index < -0.39 is 168 Å². The van der Waals surface area contributed by atoms with Crippen LogP contribution in [0.25, 0.3) is 21.8 Å². The number of nitrogens with two attached hydrogens (primary N) is 3. The number of fused-ring (bicyclic) bond motifs is 2. The molecule has 3 aromatic heterocycles. The number of para-hydroxylation sites is 2. The summed E-state index contributed by atoms with van der Waals surface area (Å²) < 4.78 is 0. The number of aromatic nitrogens is 4. The summed E-state index contributed by atoms with van der Waals surface area (Å²) in [6.07, 6.45) is 3.57. The van der Waals surface area contributed by atoms with Crippen LogP contribution in [0.5, 0.6) is 5.75 Å². The highest BCUT2D eigenvalue weighted by molar-refractivity contribution is 7.80. The van der Waals surface area contributed by atoms with Crippen molar-refractivity contribution >= 4 is 124 Å². The predicted octanol–water partition coefficient (Wildman–Crippen LogP) is -1.82. The second kappa shape index (κ2) is 41.7. The van der Waals surface area contributed by atoms with Gasteiger partial charge in [-0.3, -0.25) is 62.9 Å². The van der Waals surface area contributed by atoms with Gasteiger partial charge in [-0.2, -0.15) is 25.3 Å². The molecule has 0 aliphatic carbocycles. The molecule has 24 N–H and O–H groups in total.